The summed E-state index contributed by atoms with van der Waals surface area (Å²) in [6.45, 7) is 0. The smallest absolute Gasteiger partial charge is 0.194 e. The lowest BCUT2D eigenvalue weighted by Crippen LogP contribution is -2.32. The number of allylic oxidation sites excluding steroid dienone is 4. The fraction of sp³-hybridized carbons (Fsp3) is 0.0492. The van der Waals surface area contributed by atoms with E-state index in [1.54, 1.807) is 0 Å². The number of nitrogens with zero attached hydrogens (tertiary/aromatic N) is 1. The highest BCUT2D eigenvalue weighted by Crippen LogP contribution is 2.68. The molecule has 0 saturated heterocycles. The van der Waals surface area contributed by atoms with Crippen molar-refractivity contribution in [3.63, 3.8) is 0 Å². The van der Waals surface area contributed by atoms with Crippen LogP contribution in [0.5, 0.6) is 23.0 Å². The van der Waals surface area contributed by atoms with Gasteiger partial charge in [0.05, 0.1) is 11.1 Å². The summed E-state index contributed by atoms with van der Waals surface area (Å²) in [4.78, 5) is 2.28. The number of hydrogen-bond donors (Lipinski definition) is 0. The highest BCUT2D eigenvalue weighted by molar-refractivity contribution is 5.96. The average molecular weight is 820 g/mol. The fourth-order valence-corrected chi connectivity index (χ4v) is 11.0. The molecule has 64 heavy (non-hydrogen) atoms. The monoisotopic (exact) mass is 819 g/mol. The van der Waals surface area contributed by atoms with E-state index in [0.29, 0.717) is 17.2 Å². The third kappa shape index (κ3) is 5.47. The highest BCUT2D eigenvalue weighted by atomic mass is 16.6. The van der Waals surface area contributed by atoms with Crippen LogP contribution in [-0.4, -0.2) is 0 Å². The van der Waals surface area contributed by atoms with Crippen LogP contribution in [0.3, 0.4) is 0 Å². The summed E-state index contributed by atoms with van der Waals surface area (Å²) in [6.07, 6.45) is 7.85. The molecule has 13 rings (SSSR count). The third-order valence-electron chi connectivity index (χ3n) is 13.8. The van der Waals surface area contributed by atoms with Crippen molar-refractivity contribution in [1.29, 1.82) is 0 Å². The van der Waals surface area contributed by atoms with Gasteiger partial charge in [-0.25, -0.2) is 0 Å². The molecular formula is C61H41NO2. The molecule has 2 atom stereocenters. The zero-order valence-electron chi connectivity index (χ0n) is 35.0. The molecule has 3 heteroatoms. The summed E-state index contributed by atoms with van der Waals surface area (Å²) >= 11 is 0. The number of rotatable bonds is 6. The Hall–Kier alpha value is -8.14. The van der Waals surface area contributed by atoms with Crippen LogP contribution in [0, 0.1) is 5.92 Å². The highest BCUT2D eigenvalue weighted by Gasteiger charge is 2.57. The molecule has 1 aliphatic heterocycles. The first-order valence-electron chi connectivity index (χ1n) is 22.2. The Morgan fingerprint density at radius 2 is 0.906 bits per heavy atom. The van der Waals surface area contributed by atoms with Gasteiger partial charge in [0.1, 0.15) is 0 Å². The second kappa shape index (κ2) is 14.5. The largest absolute Gasteiger partial charge is 0.449 e. The van der Waals surface area contributed by atoms with E-state index in [4.69, 9.17) is 9.47 Å². The normalized spacial score (nSPS) is 16.9. The first-order chi connectivity index (χ1) is 31.7. The fourth-order valence-electron chi connectivity index (χ4n) is 11.0. The first kappa shape index (κ1) is 36.5. The van der Waals surface area contributed by atoms with E-state index in [1.807, 2.05) is 6.07 Å². The van der Waals surface area contributed by atoms with E-state index >= 15 is 0 Å². The van der Waals surface area contributed by atoms with E-state index in [9.17, 15) is 0 Å². The summed E-state index contributed by atoms with van der Waals surface area (Å²) in [5.74, 6) is 3.13. The topological polar surface area (TPSA) is 21.7 Å². The van der Waals surface area contributed by atoms with Crippen LogP contribution in [0.2, 0.25) is 0 Å². The van der Waals surface area contributed by atoms with Gasteiger partial charge in [-0.3, -0.25) is 0 Å². The van der Waals surface area contributed by atoms with E-state index in [2.05, 4.69) is 229 Å². The van der Waals surface area contributed by atoms with Gasteiger partial charge in [-0.05, 0) is 116 Å². The molecule has 1 spiro atoms. The number of hydrogen-bond acceptors (Lipinski definition) is 3. The quantitative estimate of drug-likeness (QED) is 0.167. The van der Waals surface area contributed by atoms with Gasteiger partial charge < -0.3 is 14.4 Å². The SMILES string of the molecule is C1=CCC2C(=C1)c1ccccc1C21c2ccccc2-c2c1ccc1c2Oc2cccc(N(c3ccc(-c4ccccc4)cc3)c3ccc(-c4ccc(-c5ccccc5)cc4)cc3)c2O1. The maximum absolute atomic E-state index is 7.18. The van der Waals surface area contributed by atoms with Crippen LogP contribution < -0.4 is 14.4 Å². The lowest BCUT2D eigenvalue weighted by Gasteiger charge is -2.36. The molecule has 0 bridgehead atoms. The Kier molecular flexibility index (Phi) is 8.26. The number of ether oxygens (including phenoxy) is 2. The third-order valence-corrected chi connectivity index (χ3v) is 13.8. The molecule has 0 saturated carbocycles. The van der Waals surface area contributed by atoms with Crippen molar-refractivity contribution >= 4 is 22.6 Å². The van der Waals surface area contributed by atoms with Crippen molar-refractivity contribution in [2.24, 2.45) is 5.92 Å². The maximum atomic E-state index is 7.18. The molecule has 0 N–H and O–H groups in total. The number of fused-ring (bicyclic) bond motifs is 13. The predicted octanol–water partition coefficient (Wildman–Crippen LogP) is 16.3. The Bertz CT molecular complexity index is 3330. The van der Waals surface area contributed by atoms with Crippen molar-refractivity contribution in [2.75, 3.05) is 4.90 Å². The summed E-state index contributed by atoms with van der Waals surface area (Å²) in [6, 6.07) is 76.1. The lowest BCUT2D eigenvalue weighted by atomic mass is 9.65. The van der Waals surface area contributed by atoms with Crippen LogP contribution >= 0.6 is 0 Å². The van der Waals surface area contributed by atoms with Crippen molar-refractivity contribution in [2.45, 2.75) is 11.8 Å². The molecule has 9 aromatic carbocycles. The molecule has 2 unspecified atom stereocenters. The minimum Gasteiger partial charge on any atom is -0.449 e. The molecule has 0 radical (unpaired) electrons. The van der Waals surface area contributed by atoms with Crippen LogP contribution in [-0.2, 0) is 5.41 Å². The van der Waals surface area contributed by atoms with E-state index in [0.717, 1.165) is 45.9 Å². The minimum absolute atomic E-state index is 0.278. The molecule has 3 aliphatic carbocycles. The molecule has 0 fully saturated rings. The van der Waals surface area contributed by atoms with Crippen molar-refractivity contribution < 1.29 is 9.47 Å². The van der Waals surface area contributed by atoms with E-state index in [-0.39, 0.29) is 11.3 Å². The predicted molar refractivity (Wildman–Crippen MR) is 261 cm³/mol. The Morgan fingerprint density at radius 3 is 1.53 bits per heavy atom. The number of para-hydroxylation sites is 1. The van der Waals surface area contributed by atoms with Gasteiger partial charge in [0.2, 0.25) is 0 Å². The van der Waals surface area contributed by atoms with Crippen molar-refractivity contribution in [1.82, 2.24) is 0 Å². The van der Waals surface area contributed by atoms with Gasteiger partial charge in [-0.2, -0.15) is 0 Å². The Balaban J connectivity index is 0.916. The summed E-state index contributed by atoms with van der Waals surface area (Å²) in [5, 5.41) is 0. The van der Waals surface area contributed by atoms with Gasteiger partial charge in [-0.15, -0.1) is 0 Å². The van der Waals surface area contributed by atoms with Gasteiger partial charge in [0.25, 0.3) is 0 Å². The second-order valence-corrected chi connectivity index (χ2v) is 17.1. The van der Waals surface area contributed by atoms with E-state index in [1.165, 1.54) is 55.6 Å². The summed E-state index contributed by atoms with van der Waals surface area (Å²) < 4.78 is 14.3. The van der Waals surface area contributed by atoms with Crippen LogP contribution in [0.15, 0.2) is 231 Å². The van der Waals surface area contributed by atoms with Crippen LogP contribution in [0.25, 0.3) is 50.1 Å². The minimum atomic E-state index is -0.335. The zero-order chi connectivity index (χ0) is 42.2. The van der Waals surface area contributed by atoms with Gasteiger partial charge >= 0.3 is 0 Å². The molecular weight excluding hydrogens is 779 g/mol. The maximum Gasteiger partial charge on any atom is 0.194 e. The molecule has 3 nitrogen and oxygen atoms in total. The van der Waals surface area contributed by atoms with Crippen molar-refractivity contribution in [3.8, 4) is 67.5 Å². The molecule has 1 heterocycles. The average Bonchev–Trinajstić information content (AvgIpc) is 3.85. The van der Waals surface area contributed by atoms with Crippen LogP contribution in [0.1, 0.15) is 28.7 Å². The van der Waals surface area contributed by atoms with Crippen molar-refractivity contribution in [3.05, 3.63) is 253 Å². The Morgan fingerprint density at radius 1 is 0.406 bits per heavy atom. The summed E-state index contributed by atoms with van der Waals surface area (Å²) in [7, 11) is 0. The Labute approximate surface area is 373 Å². The van der Waals surface area contributed by atoms with Gasteiger partial charge in [0.15, 0.2) is 23.0 Å². The van der Waals surface area contributed by atoms with Gasteiger partial charge in [0, 0.05) is 22.9 Å². The standard InChI is InChI=1S/C61H41NO2/c1-3-14-40(15-4-1)42-26-28-43(29-27-42)45-32-36-47(37-33-45)62(46-34-30-44(31-35-46)41-16-5-2-6-17-41)55-24-13-25-56-59(55)63-57-39-38-54-58(60(57)64-56)50-20-9-12-23-53(50)61(54)51-21-10-7-18-48(51)49-19-8-11-22-52(49)61/h1-21,23-39,52H,22H2. The lowest BCUT2D eigenvalue weighted by molar-refractivity contribution is 0.361. The van der Waals surface area contributed by atoms with Gasteiger partial charge in [-0.1, -0.05) is 188 Å². The zero-order valence-corrected chi connectivity index (χ0v) is 35.0. The first-order valence-corrected chi connectivity index (χ1v) is 22.2. The molecule has 4 aliphatic rings. The van der Waals surface area contributed by atoms with E-state index < -0.39 is 0 Å². The second-order valence-electron chi connectivity index (χ2n) is 17.1. The molecule has 0 amide bonds. The summed E-state index contributed by atoms with van der Waals surface area (Å²) in [5.41, 5.74) is 18.7. The molecule has 0 aromatic heterocycles. The molecule has 302 valence electrons. The molecule has 9 aromatic rings. The number of anilines is 3. The number of benzene rings is 9. The van der Waals surface area contributed by atoms with Crippen LogP contribution in [0.4, 0.5) is 17.1 Å².